The molecule has 1 atom stereocenters. The summed E-state index contributed by atoms with van der Waals surface area (Å²) in [5.74, 6) is 0.337. The van der Waals surface area contributed by atoms with Crippen LogP contribution in [-0.4, -0.2) is 18.2 Å². The lowest BCUT2D eigenvalue weighted by molar-refractivity contribution is 0.148. The highest BCUT2D eigenvalue weighted by Crippen LogP contribution is 2.11. The quantitative estimate of drug-likeness (QED) is 0.772. The van der Waals surface area contributed by atoms with E-state index < -0.39 is 6.10 Å². The Morgan fingerprint density at radius 3 is 2.67 bits per heavy atom. The van der Waals surface area contributed by atoms with Crippen molar-refractivity contribution < 1.29 is 13.9 Å². The summed E-state index contributed by atoms with van der Waals surface area (Å²) >= 11 is 0. The van der Waals surface area contributed by atoms with Gasteiger partial charge in [0.15, 0.2) is 0 Å². The lowest BCUT2D eigenvalue weighted by Crippen LogP contribution is -2.23. The maximum absolute atomic E-state index is 12.7. The Hall–Kier alpha value is -1.65. The lowest BCUT2D eigenvalue weighted by Gasteiger charge is -2.09. The number of benzene rings is 1. The number of hydrogen-bond acceptors (Lipinski definition) is 3. The van der Waals surface area contributed by atoms with E-state index in [1.54, 1.807) is 24.3 Å². The van der Waals surface area contributed by atoms with Gasteiger partial charge in [0.2, 0.25) is 0 Å². The van der Waals surface area contributed by atoms with Gasteiger partial charge in [0.25, 0.3) is 0 Å². The highest BCUT2D eigenvalue weighted by molar-refractivity contribution is 5.16. The maximum Gasteiger partial charge on any atom is 0.133 e. The zero-order chi connectivity index (χ0) is 12.8. The van der Waals surface area contributed by atoms with Crippen molar-refractivity contribution in [3.8, 4) is 0 Å². The van der Waals surface area contributed by atoms with Crippen molar-refractivity contribution in [1.29, 1.82) is 0 Å². The van der Waals surface area contributed by atoms with Crippen LogP contribution in [0.5, 0.6) is 0 Å². The van der Waals surface area contributed by atoms with Gasteiger partial charge in [-0.1, -0.05) is 12.1 Å². The zero-order valence-corrected chi connectivity index (χ0v) is 9.97. The maximum atomic E-state index is 12.7. The van der Waals surface area contributed by atoms with Gasteiger partial charge in [0.1, 0.15) is 17.7 Å². The highest BCUT2D eigenvalue weighted by Gasteiger charge is 2.08. The standard InChI is InChI=1S/C14H16FNO2/c15-12-5-3-11(4-6-12)7-8-16-10-13(17)14-2-1-9-18-14/h1-6,9,13,16-17H,7-8,10H2. The molecule has 0 saturated heterocycles. The molecule has 2 rings (SSSR count). The van der Waals surface area contributed by atoms with Crippen LogP contribution < -0.4 is 5.32 Å². The molecule has 96 valence electrons. The number of aliphatic hydroxyl groups excluding tert-OH is 1. The van der Waals surface area contributed by atoms with E-state index in [1.807, 2.05) is 0 Å². The van der Waals surface area contributed by atoms with Gasteiger partial charge in [0, 0.05) is 6.54 Å². The summed E-state index contributed by atoms with van der Waals surface area (Å²) in [5, 5.41) is 12.9. The molecule has 0 aliphatic rings. The molecule has 18 heavy (non-hydrogen) atoms. The molecule has 1 unspecified atom stereocenters. The van der Waals surface area contributed by atoms with Crippen molar-refractivity contribution in [3.63, 3.8) is 0 Å². The number of hydrogen-bond donors (Lipinski definition) is 2. The van der Waals surface area contributed by atoms with Gasteiger partial charge in [-0.3, -0.25) is 0 Å². The SMILES string of the molecule is OC(CNCCc1ccc(F)cc1)c1ccco1. The molecule has 4 heteroatoms. The van der Waals surface area contributed by atoms with Gasteiger partial charge in [-0.25, -0.2) is 4.39 Å². The summed E-state index contributed by atoms with van der Waals surface area (Å²) in [6, 6.07) is 9.92. The van der Waals surface area contributed by atoms with Crippen LogP contribution in [0.4, 0.5) is 4.39 Å². The van der Waals surface area contributed by atoms with Gasteiger partial charge in [-0.2, -0.15) is 0 Å². The van der Waals surface area contributed by atoms with Crippen LogP contribution in [0.1, 0.15) is 17.4 Å². The number of furan rings is 1. The van der Waals surface area contributed by atoms with Crippen LogP contribution in [0.15, 0.2) is 47.1 Å². The minimum atomic E-state index is -0.631. The summed E-state index contributed by atoms with van der Waals surface area (Å²) in [7, 11) is 0. The molecule has 0 fully saturated rings. The number of rotatable bonds is 6. The average molecular weight is 249 g/mol. The Morgan fingerprint density at radius 1 is 1.22 bits per heavy atom. The van der Waals surface area contributed by atoms with E-state index in [0.29, 0.717) is 12.3 Å². The van der Waals surface area contributed by atoms with E-state index >= 15 is 0 Å². The Morgan fingerprint density at radius 2 is 2.00 bits per heavy atom. The third-order valence-electron chi connectivity index (χ3n) is 2.71. The van der Waals surface area contributed by atoms with Crippen LogP contribution in [-0.2, 0) is 6.42 Å². The molecule has 2 N–H and O–H groups in total. The van der Waals surface area contributed by atoms with E-state index in [0.717, 1.165) is 18.5 Å². The van der Waals surface area contributed by atoms with Crippen molar-refractivity contribution >= 4 is 0 Å². The van der Waals surface area contributed by atoms with E-state index in [4.69, 9.17) is 4.42 Å². The van der Waals surface area contributed by atoms with Gasteiger partial charge < -0.3 is 14.8 Å². The summed E-state index contributed by atoms with van der Waals surface area (Å²) < 4.78 is 17.8. The normalized spacial score (nSPS) is 12.6. The lowest BCUT2D eigenvalue weighted by atomic mass is 10.1. The second-order valence-electron chi connectivity index (χ2n) is 4.11. The van der Waals surface area contributed by atoms with Crippen LogP contribution >= 0.6 is 0 Å². The minimum Gasteiger partial charge on any atom is -0.467 e. The molecule has 1 aromatic heterocycles. The monoisotopic (exact) mass is 249 g/mol. The second-order valence-corrected chi connectivity index (χ2v) is 4.11. The Balaban J connectivity index is 1.68. The Kier molecular flexibility index (Phi) is 4.50. The summed E-state index contributed by atoms with van der Waals surface area (Å²) in [6.45, 7) is 1.16. The second kappa shape index (κ2) is 6.33. The molecule has 0 amide bonds. The van der Waals surface area contributed by atoms with E-state index in [-0.39, 0.29) is 5.82 Å². The summed E-state index contributed by atoms with van der Waals surface area (Å²) in [6.07, 6.45) is 1.70. The fourth-order valence-corrected chi connectivity index (χ4v) is 1.70. The molecule has 0 bridgehead atoms. The van der Waals surface area contributed by atoms with Crippen LogP contribution in [0.2, 0.25) is 0 Å². The van der Waals surface area contributed by atoms with Crippen LogP contribution in [0.25, 0.3) is 0 Å². The van der Waals surface area contributed by atoms with Crippen molar-refractivity contribution in [2.45, 2.75) is 12.5 Å². The third-order valence-corrected chi connectivity index (χ3v) is 2.71. The molecule has 0 aliphatic heterocycles. The fraction of sp³-hybridized carbons (Fsp3) is 0.286. The molecule has 1 aromatic carbocycles. The largest absolute Gasteiger partial charge is 0.467 e. The zero-order valence-electron chi connectivity index (χ0n) is 9.97. The topological polar surface area (TPSA) is 45.4 Å². The van der Waals surface area contributed by atoms with Gasteiger partial charge >= 0.3 is 0 Å². The van der Waals surface area contributed by atoms with Crippen LogP contribution in [0, 0.1) is 5.82 Å². The molecule has 1 heterocycles. The first-order chi connectivity index (χ1) is 8.75. The van der Waals surface area contributed by atoms with Crippen molar-refractivity contribution in [1.82, 2.24) is 5.32 Å². The van der Waals surface area contributed by atoms with Crippen molar-refractivity contribution in [2.75, 3.05) is 13.1 Å². The molecule has 2 aromatic rings. The predicted octanol–water partition coefficient (Wildman–Crippen LogP) is 2.28. The number of nitrogens with one attached hydrogen (secondary N) is 1. The summed E-state index contributed by atoms with van der Waals surface area (Å²) in [5.41, 5.74) is 1.07. The highest BCUT2D eigenvalue weighted by atomic mass is 19.1. The van der Waals surface area contributed by atoms with E-state index in [2.05, 4.69) is 5.32 Å². The van der Waals surface area contributed by atoms with Crippen molar-refractivity contribution in [2.24, 2.45) is 0 Å². The Labute approximate surface area is 105 Å². The van der Waals surface area contributed by atoms with Gasteiger partial charge in [-0.15, -0.1) is 0 Å². The molecule has 3 nitrogen and oxygen atoms in total. The third kappa shape index (κ3) is 3.68. The average Bonchev–Trinajstić information content (AvgIpc) is 2.90. The first-order valence-electron chi connectivity index (χ1n) is 5.92. The minimum absolute atomic E-state index is 0.222. The smallest absolute Gasteiger partial charge is 0.133 e. The summed E-state index contributed by atoms with van der Waals surface area (Å²) in [4.78, 5) is 0. The first kappa shape index (κ1) is 12.8. The van der Waals surface area contributed by atoms with E-state index in [9.17, 15) is 9.50 Å². The number of halogens is 1. The van der Waals surface area contributed by atoms with Gasteiger partial charge in [0.05, 0.1) is 6.26 Å². The van der Waals surface area contributed by atoms with E-state index in [1.165, 1.54) is 18.4 Å². The molecule has 0 radical (unpaired) electrons. The fourth-order valence-electron chi connectivity index (χ4n) is 1.70. The predicted molar refractivity (Wildman–Crippen MR) is 66.6 cm³/mol. The first-order valence-corrected chi connectivity index (χ1v) is 5.92. The molecule has 0 saturated carbocycles. The Bertz CT molecular complexity index is 453. The molecule has 0 spiro atoms. The molecule has 0 aliphatic carbocycles. The molecular formula is C14H16FNO2. The van der Waals surface area contributed by atoms with Crippen LogP contribution in [0.3, 0.4) is 0 Å². The number of aliphatic hydroxyl groups is 1. The van der Waals surface area contributed by atoms with Gasteiger partial charge in [-0.05, 0) is 42.8 Å². The van der Waals surface area contributed by atoms with Crippen molar-refractivity contribution in [3.05, 3.63) is 59.8 Å². The molecular weight excluding hydrogens is 233 g/mol.